The molecular formula is C24H22N2O5. The summed E-state index contributed by atoms with van der Waals surface area (Å²) in [5, 5.41) is 5.68. The number of hydrogen-bond donors (Lipinski definition) is 2. The molecule has 0 aliphatic carbocycles. The van der Waals surface area contributed by atoms with E-state index in [1.807, 2.05) is 12.1 Å². The lowest BCUT2D eigenvalue weighted by molar-refractivity contribution is -0.131. The summed E-state index contributed by atoms with van der Waals surface area (Å²) in [7, 11) is 1.51. The maximum atomic E-state index is 12.7. The maximum absolute atomic E-state index is 12.7. The van der Waals surface area contributed by atoms with Crippen LogP contribution in [0.4, 0.5) is 5.69 Å². The molecule has 0 bridgehead atoms. The number of para-hydroxylation sites is 2. The molecule has 0 aliphatic heterocycles. The molecule has 0 aliphatic rings. The van der Waals surface area contributed by atoms with Crippen LogP contribution in [-0.4, -0.2) is 24.9 Å². The predicted molar refractivity (Wildman–Crippen MR) is 116 cm³/mol. The van der Waals surface area contributed by atoms with Crippen LogP contribution in [0, 0.1) is 0 Å². The molecule has 3 aromatic rings. The van der Waals surface area contributed by atoms with E-state index in [0.29, 0.717) is 22.6 Å². The Balaban J connectivity index is 1.71. The van der Waals surface area contributed by atoms with E-state index in [4.69, 9.17) is 9.47 Å². The van der Waals surface area contributed by atoms with E-state index in [0.717, 1.165) is 5.56 Å². The number of rotatable bonds is 7. The van der Waals surface area contributed by atoms with Crippen LogP contribution >= 0.6 is 0 Å². The summed E-state index contributed by atoms with van der Waals surface area (Å²) in [5.74, 6) is -0.342. The number of nitrogens with one attached hydrogen (secondary N) is 2. The van der Waals surface area contributed by atoms with Gasteiger partial charge in [-0.25, -0.2) is 0 Å². The number of benzene rings is 3. The number of anilines is 1. The molecule has 0 saturated carbocycles. The molecule has 0 atom stereocenters. The average Bonchev–Trinajstić information content (AvgIpc) is 2.78. The number of hydrogen-bond acceptors (Lipinski definition) is 5. The third kappa shape index (κ3) is 5.70. The Morgan fingerprint density at radius 3 is 2.39 bits per heavy atom. The van der Waals surface area contributed by atoms with Gasteiger partial charge in [0.05, 0.1) is 12.7 Å². The van der Waals surface area contributed by atoms with Crippen molar-refractivity contribution in [2.75, 3.05) is 12.4 Å². The van der Waals surface area contributed by atoms with Crippen molar-refractivity contribution in [1.82, 2.24) is 5.32 Å². The zero-order chi connectivity index (χ0) is 22.2. The third-order valence-corrected chi connectivity index (χ3v) is 4.41. The van der Waals surface area contributed by atoms with Crippen molar-refractivity contribution < 1.29 is 23.9 Å². The fourth-order valence-corrected chi connectivity index (χ4v) is 2.96. The van der Waals surface area contributed by atoms with Gasteiger partial charge in [0.15, 0.2) is 0 Å². The number of ether oxygens (including phenoxy) is 2. The number of carbonyl (C=O) groups is 3. The van der Waals surface area contributed by atoms with Crippen molar-refractivity contribution in [1.29, 1.82) is 0 Å². The van der Waals surface area contributed by atoms with Crippen molar-refractivity contribution in [3.8, 4) is 11.5 Å². The van der Waals surface area contributed by atoms with Crippen LogP contribution in [-0.2, 0) is 11.3 Å². The molecular weight excluding hydrogens is 396 g/mol. The summed E-state index contributed by atoms with van der Waals surface area (Å²) in [4.78, 5) is 36.4. The molecule has 3 rings (SSSR count). The van der Waals surface area contributed by atoms with Gasteiger partial charge in [-0.2, -0.15) is 0 Å². The molecule has 0 aromatic heterocycles. The van der Waals surface area contributed by atoms with Crippen LogP contribution in [0.1, 0.15) is 33.2 Å². The van der Waals surface area contributed by atoms with Gasteiger partial charge in [0, 0.05) is 24.7 Å². The minimum atomic E-state index is -0.464. The summed E-state index contributed by atoms with van der Waals surface area (Å²) >= 11 is 0. The summed E-state index contributed by atoms with van der Waals surface area (Å²) < 4.78 is 10.3. The quantitative estimate of drug-likeness (QED) is 0.450. The molecule has 0 unspecified atom stereocenters. The predicted octanol–water partition coefficient (Wildman–Crippen LogP) is 3.80. The van der Waals surface area contributed by atoms with Crippen LogP contribution in [0.5, 0.6) is 11.5 Å². The van der Waals surface area contributed by atoms with Gasteiger partial charge in [-0.15, -0.1) is 0 Å². The van der Waals surface area contributed by atoms with Crippen LogP contribution in [0.2, 0.25) is 0 Å². The standard InChI is InChI=1S/C24H22N2O5/c1-16(27)31-19-10-7-9-17(14-19)23(28)26-21-12-5-3-8-18(21)15-25-24(29)20-11-4-6-13-22(20)30-2/h3-14H,15H2,1-2H3,(H,25,29)(H,26,28). The minimum absolute atomic E-state index is 0.209. The summed E-state index contributed by atoms with van der Waals surface area (Å²) in [6.45, 7) is 1.50. The number of methoxy groups -OCH3 is 1. The van der Waals surface area contributed by atoms with E-state index < -0.39 is 5.97 Å². The summed E-state index contributed by atoms with van der Waals surface area (Å²) in [6.07, 6.45) is 0. The second kappa shape index (κ2) is 10.1. The molecule has 31 heavy (non-hydrogen) atoms. The molecule has 0 saturated heterocycles. The van der Waals surface area contributed by atoms with E-state index >= 15 is 0 Å². The van der Waals surface area contributed by atoms with Crippen molar-refractivity contribution >= 4 is 23.5 Å². The Bertz CT molecular complexity index is 1110. The summed E-state index contributed by atoms with van der Waals surface area (Å²) in [5.41, 5.74) is 2.06. The topological polar surface area (TPSA) is 93.7 Å². The monoisotopic (exact) mass is 418 g/mol. The fraction of sp³-hybridized carbons (Fsp3) is 0.125. The first-order chi connectivity index (χ1) is 15.0. The number of carbonyl (C=O) groups excluding carboxylic acids is 3. The highest BCUT2D eigenvalue weighted by atomic mass is 16.5. The molecule has 2 N–H and O–H groups in total. The van der Waals surface area contributed by atoms with Crippen LogP contribution in [0.25, 0.3) is 0 Å². The van der Waals surface area contributed by atoms with Crippen molar-refractivity contribution in [3.63, 3.8) is 0 Å². The van der Waals surface area contributed by atoms with Gasteiger partial charge in [-0.3, -0.25) is 14.4 Å². The minimum Gasteiger partial charge on any atom is -0.496 e. The molecule has 0 spiro atoms. The van der Waals surface area contributed by atoms with E-state index in [1.54, 1.807) is 54.6 Å². The molecule has 0 heterocycles. The van der Waals surface area contributed by atoms with Crippen molar-refractivity contribution in [2.24, 2.45) is 0 Å². The lowest BCUT2D eigenvalue weighted by Gasteiger charge is -2.13. The second-order valence-electron chi connectivity index (χ2n) is 6.62. The normalized spacial score (nSPS) is 10.1. The SMILES string of the molecule is COc1ccccc1C(=O)NCc1ccccc1NC(=O)c1cccc(OC(C)=O)c1. The molecule has 0 fully saturated rings. The van der Waals surface area contributed by atoms with E-state index in [-0.39, 0.29) is 24.1 Å². The van der Waals surface area contributed by atoms with Crippen LogP contribution in [0.15, 0.2) is 72.8 Å². The first-order valence-corrected chi connectivity index (χ1v) is 9.57. The Kier molecular flexibility index (Phi) is 7.01. The van der Waals surface area contributed by atoms with Gasteiger partial charge >= 0.3 is 5.97 Å². The van der Waals surface area contributed by atoms with Crippen LogP contribution < -0.4 is 20.1 Å². The Morgan fingerprint density at radius 2 is 1.61 bits per heavy atom. The zero-order valence-corrected chi connectivity index (χ0v) is 17.2. The highest BCUT2D eigenvalue weighted by molar-refractivity contribution is 6.05. The molecule has 3 aromatic carbocycles. The molecule has 158 valence electrons. The first kappa shape index (κ1) is 21.6. The Hall–Kier alpha value is -4.13. The molecule has 7 nitrogen and oxygen atoms in total. The highest BCUT2D eigenvalue weighted by Crippen LogP contribution is 2.20. The first-order valence-electron chi connectivity index (χ1n) is 9.57. The van der Waals surface area contributed by atoms with Gasteiger partial charge in [-0.1, -0.05) is 36.4 Å². The smallest absolute Gasteiger partial charge is 0.308 e. The van der Waals surface area contributed by atoms with Gasteiger partial charge in [0.25, 0.3) is 11.8 Å². The third-order valence-electron chi connectivity index (χ3n) is 4.41. The zero-order valence-electron chi connectivity index (χ0n) is 17.2. The van der Waals surface area contributed by atoms with E-state index in [2.05, 4.69) is 10.6 Å². The van der Waals surface area contributed by atoms with Gasteiger partial charge in [0.2, 0.25) is 0 Å². The van der Waals surface area contributed by atoms with Gasteiger partial charge in [-0.05, 0) is 42.0 Å². The van der Waals surface area contributed by atoms with Crippen molar-refractivity contribution in [2.45, 2.75) is 13.5 Å². The second-order valence-corrected chi connectivity index (χ2v) is 6.62. The maximum Gasteiger partial charge on any atom is 0.308 e. The Labute approximate surface area is 180 Å². The Morgan fingerprint density at radius 1 is 0.871 bits per heavy atom. The lowest BCUT2D eigenvalue weighted by Crippen LogP contribution is -2.24. The highest BCUT2D eigenvalue weighted by Gasteiger charge is 2.14. The summed E-state index contributed by atoms with van der Waals surface area (Å²) in [6, 6.07) is 20.4. The number of amides is 2. The fourth-order valence-electron chi connectivity index (χ4n) is 2.96. The van der Waals surface area contributed by atoms with Crippen LogP contribution in [0.3, 0.4) is 0 Å². The van der Waals surface area contributed by atoms with Crippen molar-refractivity contribution in [3.05, 3.63) is 89.5 Å². The van der Waals surface area contributed by atoms with Gasteiger partial charge in [0.1, 0.15) is 11.5 Å². The molecule has 7 heteroatoms. The number of esters is 1. The molecule has 2 amide bonds. The van der Waals surface area contributed by atoms with Gasteiger partial charge < -0.3 is 20.1 Å². The average molecular weight is 418 g/mol. The van der Waals surface area contributed by atoms with E-state index in [1.165, 1.54) is 20.1 Å². The lowest BCUT2D eigenvalue weighted by atomic mass is 10.1. The largest absolute Gasteiger partial charge is 0.496 e. The van der Waals surface area contributed by atoms with E-state index in [9.17, 15) is 14.4 Å². The molecule has 0 radical (unpaired) electrons.